The fourth-order valence-corrected chi connectivity index (χ4v) is 4.71. The zero-order valence-electron chi connectivity index (χ0n) is 18.3. The van der Waals surface area contributed by atoms with Crippen molar-refractivity contribution >= 4 is 40.9 Å². The van der Waals surface area contributed by atoms with Gasteiger partial charge in [0.25, 0.3) is 5.91 Å². The second kappa shape index (κ2) is 8.20. The number of hydrogen-bond acceptors (Lipinski definition) is 6. The maximum absolute atomic E-state index is 13.4. The van der Waals surface area contributed by atoms with Gasteiger partial charge in [0.2, 0.25) is 5.96 Å². The Hall–Kier alpha value is -3.36. The molecule has 170 valence electrons. The zero-order chi connectivity index (χ0) is 23.3. The number of hydrogen-bond donors (Lipinski definition) is 1. The molecule has 33 heavy (non-hydrogen) atoms. The maximum atomic E-state index is 13.4. The van der Waals surface area contributed by atoms with Gasteiger partial charge >= 0.3 is 6.03 Å². The van der Waals surface area contributed by atoms with Gasteiger partial charge in [-0.25, -0.2) is 9.79 Å². The van der Waals surface area contributed by atoms with Crippen molar-refractivity contribution in [2.75, 3.05) is 25.1 Å². The Morgan fingerprint density at radius 2 is 1.88 bits per heavy atom. The summed E-state index contributed by atoms with van der Waals surface area (Å²) >= 11 is 6.35. The van der Waals surface area contributed by atoms with Crippen LogP contribution >= 0.6 is 11.6 Å². The van der Waals surface area contributed by atoms with Gasteiger partial charge in [0.15, 0.2) is 12.2 Å². The van der Waals surface area contributed by atoms with Gasteiger partial charge in [-0.05, 0) is 31.0 Å². The van der Waals surface area contributed by atoms with Gasteiger partial charge < -0.3 is 10.0 Å². The number of nitrogens with zero attached hydrogens (tertiary/aromatic N) is 5. The van der Waals surface area contributed by atoms with Crippen molar-refractivity contribution < 1.29 is 14.7 Å². The Labute approximate surface area is 197 Å². The molecule has 1 fully saturated rings. The molecular weight excluding hydrogens is 442 g/mol. The Kier molecular flexibility index (Phi) is 5.34. The number of likely N-dealkylation sites (N-methyl/N-ethyl adjacent to an activating group) is 1. The summed E-state index contributed by atoms with van der Waals surface area (Å²) in [6.45, 7) is 2.06. The van der Waals surface area contributed by atoms with E-state index in [0.717, 1.165) is 22.5 Å². The average Bonchev–Trinajstić information content (AvgIpc) is 3.36. The van der Waals surface area contributed by atoms with E-state index in [2.05, 4.69) is 0 Å². The van der Waals surface area contributed by atoms with Crippen LogP contribution in [0.5, 0.6) is 0 Å². The van der Waals surface area contributed by atoms with E-state index in [-0.39, 0.29) is 19.1 Å². The summed E-state index contributed by atoms with van der Waals surface area (Å²) in [7, 11) is 1.65. The number of guanidine groups is 1. The molecule has 9 heteroatoms. The molecular formula is C24H24ClN5O3. The van der Waals surface area contributed by atoms with E-state index < -0.39 is 18.2 Å². The molecule has 2 unspecified atom stereocenters. The van der Waals surface area contributed by atoms with Crippen molar-refractivity contribution in [1.29, 1.82) is 0 Å². The molecule has 1 N–H and O–H groups in total. The second-order valence-corrected chi connectivity index (χ2v) is 8.74. The summed E-state index contributed by atoms with van der Waals surface area (Å²) in [6, 6.07) is 14.5. The van der Waals surface area contributed by atoms with Gasteiger partial charge in [-0.15, -0.1) is 0 Å². The lowest BCUT2D eigenvalue weighted by atomic mass is 10.1. The summed E-state index contributed by atoms with van der Waals surface area (Å²) in [4.78, 5) is 37.7. The molecule has 0 radical (unpaired) electrons. The van der Waals surface area contributed by atoms with E-state index in [0.29, 0.717) is 17.4 Å². The first kappa shape index (κ1) is 21.5. The molecule has 0 aromatic heterocycles. The minimum atomic E-state index is -0.676. The molecule has 3 aliphatic rings. The van der Waals surface area contributed by atoms with Crippen molar-refractivity contribution in [3.05, 3.63) is 70.9 Å². The third-order valence-electron chi connectivity index (χ3n) is 6.23. The summed E-state index contributed by atoms with van der Waals surface area (Å²) in [5.41, 5.74) is 3.69. The monoisotopic (exact) mass is 465 g/mol. The predicted octanol–water partition coefficient (Wildman–Crippen LogP) is 3.11. The number of rotatable bonds is 5. The lowest BCUT2D eigenvalue weighted by Gasteiger charge is -2.40. The van der Waals surface area contributed by atoms with Crippen molar-refractivity contribution in [3.63, 3.8) is 0 Å². The van der Waals surface area contributed by atoms with Crippen LogP contribution in [0.25, 0.3) is 5.70 Å². The minimum Gasteiger partial charge on any atom is -0.396 e. The topological polar surface area (TPSA) is 79.7 Å². The van der Waals surface area contributed by atoms with Crippen molar-refractivity contribution in [2.45, 2.75) is 25.6 Å². The third kappa shape index (κ3) is 3.37. The number of aliphatic hydroxyl groups is 1. The molecule has 3 amide bonds. The largest absolute Gasteiger partial charge is 0.396 e. The molecule has 0 aliphatic carbocycles. The molecule has 3 heterocycles. The number of imide groups is 1. The molecule has 2 atom stereocenters. The quantitative estimate of drug-likeness (QED) is 0.734. The smallest absolute Gasteiger partial charge is 0.328 e. The SMILES string of the molecule is Cc1ccc(Cl)cc1N1C(c2ccccc2)=CN2C1=NC1C2C(=O)N(CCCO)C(=O)N1C. The second-order valence-electron chi connectivity index (χ2n) is 8.30. The molecule has 0 saturated carbocycles. The van der Waals surface area contributed by atoms with Crippen LogP contribution in [0.1, 0.15) is 17.5 Å². The number of benzene rings is 2. The van der Waals surface area contributed by atoms with Crippen LogP contribution in [0.3, 0.4) is 0 Å². The normalized spacial score (nSPS) is 21.9. The van der Waals surface area contributed by atoms with Gasteiger partial charge in [-0.1, -0.05) is 48.0 Å². The predicted molar refractivity (Wildman–Crippen MR) is 127 cm³/mol. The molecule has 5 rings (SSSR count). The van der Waals surface area contributed by atoms with Crippen molar-refractivity contribution in [2.24, 2.45) is 4.99 Å². The first-order valence-corrected chi connectivity index (χ1v) is 11.2. The van der Waals surface area contributed by atoms with Gasteiger partial charge in [-0.3, -0.25) is 19.5 Å². The third-order valence-corrected chi connectivity index (χ3v) is 6.47. The van der Waals surface area contributed by atoms with Gasteiger partial charge in [0, 0.05) is 37.0 Å². The fourth-order valence-electron chi connectivity index (χ4n) is 4.54. The Morgan fingerprint density at radius 3 is 2.61 bits per heavy atom. The van der Waals surface area contributed by atoms with Crippen LogP contribution in [0.15, 0.2) is 59.7 Å². The van der Waals surface area contributed by atoms with Crippen LogP contribution in [-0.4, -0.2) is 70.1 Å². The minimum absolute atomic E-state index is 0.0970. The highest BCUT2D eigenvalue weighted by Crippen LogP contribution is 2.41. The van der Waals surface area contributed by atoms with E-state index in [1.165, 1.54) is 9.80 Å². The van der Waals surface area contributed by atoms with Crippen LogP contribution in [0.2, 0.25) is 5.02 Å². The highest BCUT2D eigenvalue weighted by Gasteiger charge is 2.54. The summed E-state index contributed by atoms with van der Waals surface area (Å²) in [5, 5.41) is 9.81. The van der Waals surface area contributed by atoms with Crippen molar-refractivity contribution in [1.82, 2.24) is 14.7 Å². The first-order chi connectivity index (χ1) is 15.9. The standard InChI is InChI=1S/C24H24ClN5O3/c1-15-9-10-17(25)13-18(15)30-19(16-7-4-3-5-8-16)14-29-20-21(26-23(29)30)27(2)24(33)28(22(20)32)11-6-12-31/h3-5,7-10,13-14,20-21,31H,6,11-12H2,1-2H3. The lowest BCUT2D eigenvalue weighted by molar-refractivity contribution is -0.136. The van der Waals surface area contributed by atoms with E-state index >= 15 is 0 Å². The molecule has 2 aromatic rings. The van der Waals surface area contributed by atoms with E-state index in [9.17, 15) is 14.7 Å². The number of anilines is 1. The number of aryl methyl sites for hydroxylation is 1. The maximum Gasteiger partial charge on any atom is 0.328 e. The number of amides is 3. The number of urea groups is 1. The van der Waals surface area contributed by atoms with Gasteiger partial charge in [-0.2, -0.15) is 0 Å². The lowest BCUT2D eigenvalue weighted by Crippen LogP contribution is -2.64. The number of carbonyl (C=O) groups excluding carboxylic acids is 2. The number of aliphatic hydroxyl groups excluding tert-OH is 1. The Bertz CT molecular complexity index is 1180. The van der Waals surface area contributed by atoms with Gasteiger partial charge in [0.05, 0.1) is 11.4 Å². The molecule has 2 aromatic carbocycles. The zero-order valence-corrected chi connectivity index (χ0v) is 19.1. The molecule has 8 nitrogen and oxygen atoms in total. The van der Waals surface area contributed by atoms with E-state index in [4.69, 9.17) is 16.6 Å². The van der Waals surface area contributed by atoms with Crippen LogP contribution < -0.4 is 4.90 Å². The number of carbonyl (C=O) groups is 2. The van der Waals surface area contributed by atoms with E-state index in [1.807, 2.05) is 71.5 Å². The Balaban J connectivity index is 1.62. The number of halogens is 1. The van der Waals surface area contributed by atoms with Crippen LogP contribution in [0, 0.1) is 6.92 Å². The van der Waals surface area contributed by atoms with Gasteiger partial charge in [0.1, 0.15) is 0 Å². The molecule has 1 saturated heterocycles. The summed E-state index contributed by atoms with van der Waals surface area (Å²) < 4.78 is 0. The van der Waals surface area contributed by atoms with Crippen molar-refractivity contribution in [3.8, 4) is 0 Å². The summed E-state index contributed by atoms with van der Waals surface area (Å²) in [5.74, 6) is 0.259. The van der Waals surface area contributed by atoms with Crippen LogP contribution in [0.4, 0.5) is 10.5 Å². The summed E-state index contributed by atoms with van der Waals surface area (Å²) in [6.07, 6.45) is 1.61. The highest BCUT2D eigenvalue weighted by atomic mass is 35.5. The molecule has 0 spiro atoms. The fraction of sp³-hybridized carbons (Fsp3) is 0.292. The Morgan fingerprint density at radius 1 is 1.12 bits per heavy atom. The first-order valence-electron chi connectivity index (χ1n) is 10.8. The molecule has 3 aliphatic heterocycles. The van der Waals surface area contributed by atoms with E-state index in [1.54, 1.807) is 7.05 Å². The highest BCUT2D eigenvalue weighted by molar-refractivity contribution is 6.31. The number of aliphatic imine (C=N–C) groups is 1. The number of fused-ring (bicyclic) bond motifs is 3. The molecule has 0 bridgehead atoms. The van der Waals surface area contributed by atoms with Crippen LogP contribution in [-0.2, 0) is 4.79 Å². The average molecular weight is 466 g/mol.